The van der Waals surface area contributed by atoms with E-state index in [1.54, 1.807) is 13.8 Å². The van der Waals surface area contributed by atoms with Crippen LogP contribution in [0.25, 0.3) is 11.0 Å². The van der Waals surface area contributed by atoms with Crippen LogP contribution in [0.15, 0.2) is 16.6 Å². The second-order valence-electron chi connectivity index (χ2n) is 4.96. The van der Waals surface area contributed by atoms with E-state index in [0.29, 0.717) is 12.5 Å². The average molecular weight is 298 g/mol. The van der Waals surface area contributed by atoms with Gasteiger partial charge >= 0.3 is 0 Å². The van der Waals surface area contributed by atoms with Gasteiger partial charge in [-0.15, -0.1) is 0 Å². The first-order chi connectivity index (χ1) is 7.78. The van der Waals surface area contributed by atoms with Gasteiger partial charge in [-0.05, 0) is 38.5 Å². The molecule has 0 saturated carbocycles. The molecule has 0 aliphatic rings. The number of nitrogens with two attached hydrogens (primary N) is 1. The van der Waals surface area contributed by atoms with Crippen LogP contribution in [0.2, 0.25) is 0 Å². The van der Waals surface area contributed by atoms with E-state index in [1.165, 1.54) is 0 Å². The molecule has 0 spiro atoms. The highest BCUT2D eigenvalue weighted by Crippen LogP contribution is 2.26. The Kier molecular flexibility index (Phi) is 2.91. The molecule has 1 aromatic heterocycles. The molecule has 2 aromatic rings. The van der Waals surface area contributed by atoms with Crippen molar-refractivity contribution in [2.24, 2.45) is 0 Å². The lowest BCUT2D eigenvalue weighted by atomic mass is 10.1. The van der Waals surface area contributed by atoms with Crippen molar-refractivity contribution in [2.45, 2.75) is 32.9 Å². The summed E-state index contributed by atoms with van der Waals surface area (Å²) in [4.78, 5) is 4.30. The van der Waals surface area contributed by atoms with E-state index < -0.39 is 5.60 Å². The summed E-state index contributed by atoms with van der Waals surface area (Å²) in [6, 6.07) is 3.97. The van der Waals surface area contributed by atoms with Gasteiger partial charge in [0.1, 0.15) is 0 Å². The quantitative estimate of drug-likeness (QED) is 0.895. The summed E-state index contributed by atoms with van der Waals surface area (Å²) in [5, 5.41) is 9.88. The Hall–Kier alpha value is -1.07. The Bertz CT molecular complexity index is 569. The molecule has 0 atom stereocenters. The van der Waals surface area contributed by atoms with Crippen LogP contribution in [-0.2, 0) is 6.54 Å². The van der Waals surface area contributed by atoms with Gasteiger partial charge in [-0.1, -0.05) is 15.9 Å². The number of aromatic nitrogens is 2. The van der Waals surface area contributed by atoms with Gasteiger partial charge in [0.05, 0.1) is 23.2 Å². The van der Waals surface area contributed by atoms with Crippen molar-refractivity contribution in [3.63, 3.8) is 0 Å². The number of nitrogens with zero attached hydrogens (tertiary/aromatic N) is 2. The first-order valence-corrected chi connectivity index (χ1v) is 6.21. The molecule has 0 unspecified atom stereocenters. The molecular formula is C12H16BrN3O. The van der Waals surface area contributed by atoms with Crippen molar-refractivity contribution in [1.82, 2.24) is 9.55 Å². The normalized spacial score (nSPS) is 12.3. The molecule has 1 aromatic carbocycles. The number of fused-ring (bicyclic) bond motifs is 1. The topological polar surface area (TPSA) is 64.1 Å². The fourth-order valence-electron chi connectivity index (χ4n) is 1.82. The second-order valence-corrected chi connectivity index (χ2v) is 5.81. The Morgan fingerprint density at radius 1 is 1.47 bits per heavy atom. The van der Waals surface area contributed by atoms with Gasteiger partial charge in [-0.2, -0.15) is 0 Å². The summed E-state index contributed by atoms with van der Waals surface area (Å²) in [7, 11) is 0. The number of rotatable bonds is 2. The summed E-state index contributed by atoms with van der Waals surface area (Å²) >= 11 is 3.47. The second kappa shape index (κ2) is 3.99. The van der Waals surface area contributed by atoms with E-state index in [4.69, 9.17) is 5.73 Å². The van der Waals surface area contributed by atoms with Crippen molar-refractivity contribution >= 4 is 32.9 Å². The van der Waals surface area contributed by atoms with Gasteiger partial charge in [-0.25, -0.2) is 4.98 Å². The number of hydrogen-bond acceptors (Lipinski definition) is 3. The summed E-state index contributed by atoms with van der Waals surface area (Å²) in [5.41, 5.74) is 7.98. The third-order valence-corrected chi connectivity index (χ3v) is 3.46. The molecule has 0 aliphatic carbocycles. The van der Waals surface area contributed by atoms with Crippen LogP contribution in [0.5, 0.6) is 0 Å². The Morgan fingerprint density at radius 3 is 2.71 bits per heavy atom. The number of benzene rings is 1. The number of hydrogen-bond donors (Lipinski definition) is 2. The molecule has 0 fully saturated rings. The molecule has 3 N–H and O–H groups in total. The highest BCUT2D eigenvalue weighted by Gasteiger charge is 2.18. The van der Waals surface area contributed by atoms with E-state index >= 15 is 0 Å². The minimum atomic E-state index is -0.817. The van der Waals surface area contributed by atoms with Gasteiger partial charge in [-0.3, -0.25) is 0 Å². The summed E-state index contributed by atoms with van der Waals surface area (Å²) in [6.07, 6.45) is 0. The van der Waals surface area contributed by atoms with Crippen LogP contribution in [0, 0.1) is 6.92 Å². The first-order valence-electron chi connectivity index (χ1n) is 5.42. The summed E-state index contributed by atoms with van der Waals surface area (Å²) < 4.78 is 2.85. The molecule has 2 rings (SSSR count). The number of aryl methyl sites for hydroxylation is 1. The molecular weight excluding hydrogens is 282 g/mol. The van der Waals surface area contributed by atoms with Gasteiger partial charge in [0.15, 0.2) is 0 Å². The van der Waals surface area contributed by atoms with Crippen LogP contribution in [0.1, 0.15) is 19.4 Å². The van der Waals surface area contributed by atoms with Crippen LogP contribution in [0.4, 0.5) is 5.95 Å². The van der Waals surface area contributed by atoms with Crippen molar-refractivity contribution in [3.8, 4) is 0 Å². The molecule has 0 saturated heterocycles. The third kappa shape index (κ3) is 2.45. The maximum absolute atomic E-state index is 9.88. The fourth-order valence-corrected chi connectivity index (χ4v) is 2.15. The summed E-state index contributed by atoms with van der Waals surface area (Å²) in [6.45, 7) is 5.95. The van der Waals surface area contributed by atoms with Gasteiger partial charge in [0.25, 0.3) is 0 Å². The van der Waals surface area contributed by atoms with Gasteiger partial charge in [0, 0.05) is 4.47 Å². The minimum Gasteiger partial charge on any atom is -0.389 e. The maximum atomic E-state index is 9.88. The van der Waals surface area contributed by atoms with E-state index in [1.807, 2.05) is 23.6 Å². The van der Waals surface area contributed by atoms with E-state index in [9.17, 15) is 5.11 Å². The zero-order valence-electron chi connectivity index (χ0n) is 10.2. The molecule has 5 heteroatoms. The van der Waals surface area contributed by atoms with Gasteiger partial charge in [0.2, 0.25) is 5.95 Å². The number of aliphatic hydroxyl groups is 1. The molecule has 17 heavy (non-hydrogen) atoms. The largest absolute Gasteiger partial charge is 0.389 e. The van der Waals surface area contributed by atoms with Crippen molar-refractivity contribution in [3.05, 3.63) is 22.2 Å². The monoisotopic (exact) mass is 297 g/mol. The standard InChI is InChI=1S/C12H16BrN3O/c1-7-4-10-9(5-8(7)13)15-11(14)16(10)6-12(2,3)17/h4-5,17H,6H2,1-3H3,(H2,14,15). The SMILES string of the molecule is Cc1cc2c(cc1Br)nc(N)n2CC(C)(C)O. The highest BCUT2D eigenvalue weighted by atomic mass is 79.9. The maximum Gasteiger partial charge on any atom is 0.201 e. The van der Waals surface area contributed by atoms with Gasteiger partial charge < -0.3 is 15.4 Å². The Morgan fingerprint density at radius 2 is 2.12 bits per heavy atom. The Balaban J connectivity index is 2.63. The lowest BCUT2D eigenvalue weighted by molar-refractivity contribution is 0.0633. The van der Waals surface area contributed by atoms with Crippen molar-refractivity contribution in [2.75, 3.05) is 5.73 Å². The molecule has 0 amide bonds. The van der Waals surface area contributed by atoms with E-state index in [2.05, 4.69) is 20.9 Å². The number of imidazole rings is 1. The molecule has 0 aliphatic heterocycles. The molecule has 92 valence electrons. The molecule has 0 radical (unpaired) electrons. The molecule has 0 bridgehead atoms. The van der Waals surface area contributed by atoms with Crippen LogP contribution < -0.4 is 5.73 Å². The van der Waals surface area contributed by atoms with E-state index in [-0.39, 0.29) is 0 Å². The fraction of sp³-hybridized carbons (Fsp3) is 0.417. The number of nitrogen functional groups attached to an aromatic ring is 1. The van der Waals surface area contributed by atoms with Crippen LogP contribution in [-0.4, -0.2) is 20.3 Å². The van der Waals surface area contributed by atoms with Crippen LogP contribution >= 0.6 is 15.9 Å². The Labute approximate surface area is 109 Å². The highest BCUT2D eigenvalue weighted by molar-refractivity contribution is 9.10. The predicted molar refractivity (Wildman–Crippen MR) is 72.9 cm³/mol. The summed E-state index contributed by atoms with van der Waals surface area (Å²) in [5.74, 6) is 0.430. The zero-order chi connectivity index (χ0) is 12.8. The lowest BCUT2D eigenvalue weighted by Crippen LogP contribution is -2.26. The third-order valence-electron chi connectivity index (χ3n) is 2.60. The molecule has 1 heterocycles. The van der Waals surface area contributed by atoms with Crippen molar-refractivity contribution < 1.29 is 5.11 Å². The first kappa shape index (κ1) is 12.4. The van der Waals surface area contributed by atoms with E-state index in [0.717, 1.165) is 21.1 Å². The average Bonchev–Trinajstić information content (AvgIpc) is 2.43. The number of anilines is 1. The lowest BCUT2D eigenvalue weighted by Gasteiger charge is -2.19. The van der Waals surface area contributed by atoms with Crippen molar-refractivity contribution in [1.29, 1.82) is 0 Å². The zero-order valence-corrected chi connectivity index (χ0v) is 11.7. The predicted octanol–water partition coefficient (Wildman–Crippen LogP) is 2.46. The molecule has 4 nitrogen and oxygen atoms in total. The number of halogens is 1. The van der Waals surface area contributed by atoms with Crippen LogP contribution in [0.3, 0.4) is 0 Å². The smallest absolute Gasteiger partial charge is 0.201 e. The minimum absolute atomic E-state index is 0.427.